The summed E-state index contributed by atoms with van der Waals surface area (Å²) in [5.41, 5.74) is 2.89. The van der Waals surface area contributed by atoms with Crippen LogP contribution in [0.4, 0.5) is 11.4 Å². The van der Waals surface area contributed by atoms with Gasteiger partial charge >= 0.3 is 0 Å². The summed E-state index contributed by atoms with van der Waals surface area (Å²) in [4.78, 5) is 14.8. The number of rotatable bonds is 4. The monoisotopic (exact) mass is 405 g/mol. The molecule has 1 N–H and O–H groups in total. The summed E-state index contributed by atoms with van der Waals surface area (Å²) in [5.74, 6) is 0.429. The number of nitriles is 1. The fraction of sp³-hybridized carbons (Fsp3) is 0.217. The maximum atomic E-state index is 12.6. The second-order valence-electron chi connectivity index (χ2n) is 7.02. The number of nitrogens with one attached hydrogen (secondary N) is 1. The number of hydrogen-bond acceptors (Lipinski definition) is 4. The molecule has 2 aromatic carbocycles. The molecule has 0 spiro atoms. The lowest BCUT2D eigenvalue weighted by Crippen LogP contribution is -2.30. The molecule has 1 aromatic heterocycles. The minimum absolute atomic E-state index is 0.202. The zero-order chi connectivity index (χ0) is 20.2. The summed E-state index contributed by atoms with van der Waals surface area (Å²) in [6, 6.07) is 18.3. The van der Waals surface area contributed by atoms with Crippen molar-refractivity contribution in [3.8, 4) is 17.4 Å². The molecule has 1 amide bonds. The number of halogens is 1. The first kappa shape index (κ1) is 19.1. The topological polar surface area (TPSA) is 69.3 Å². The van der Waals surface area contributed by atoms with Gasteiger partial charge in [-0.1, -0.05) is 11.6 Å². The second kappa shape index (κ2) is 8.42. The Morgan fingerprint density at radius 3 is 2.52 bits per heavy atom. The molecule has 0 radical (unpaired) electrons. The molecule has 1 aliphatic heterocycles. The molecule has 0 bridgehead atoms. The van der Waals surface area contributed by atoms with E-state index in [1.807, 2.05) is 24.3 Å². The molecule has 0 saturated carbocycles. The van der Waals surface area contributed by atoms with Gasteiger partial charge in [0.05, 0.1) is 11.3 Å². The van der Waals surface area contributed by atoms with E-state index in [0.717, 1.165) is 37.2 Å². The Morgan fingerprint density at radius 1 is 1.03 bits per heavy atom. The highest BCUT2D eigenvalue weighted by Crippen LogP contribution is 2.28. The molecular formula is C23H20ClN3O2. The van der Waals surface area contributed by atoms with Crippen LogP contribution in [-0.2, 0) is 0 Å². The lowest BCUT2D eigenvalue weighted by Gasteiger charge is -2.29. The van der Waals surface area contributed by atoms with Crippen LogP contribution in [0.25, 0.3) is 11.3 Å². The molecule has 0 unspecified atom stereocenters. The first-order valence-corrected chi connectivity index (χ1v) is 9.98. The lowest BCUT2D eigenvalue weighted by atomic mass is 10.1. The van der Waals surface area contributed by atoms with E-state index in [9.17, 15) is 10.1 Å². The number of hydrogen-bond donors (Lipinski definition) is 1. The molecule has 1 saturated heterocycles. The van der Waals surface area contributed by atoms with Crippen LogP contribution in [0.3, 0.4) is 0 Å². The summed E-state index contributed by atoms with van der Waals surface area (Å²) < 4.78 is 5.69. The van der Waals surface area contributed by atoms with E-state index in [4.69, 9.17) is 16.0 Å². The third-order valence-electron chi connectivity index (χ3n) is 5.03. The molecule has 6 heteroatoms. The van der Waals surface area contributed by atoms with Gasteiger partial charge in [0.15, 0.2) is 5.76 Å². The number of amides is 1. The van der Waals surface area contributed by atoms with Crippen molar-refractivity contribution in [3.05, 3.63) is 70.9 Å². The van der Waals surface area contributed by atoms with Crippen molar-refractivity contribution in [1.82, 2.24) is 0 Å². The van der Waals surface area contributed by atoms with Gasteiger partial charge in [0.25, 0.3) is 5.91 Å². The highest BCUT2D eigenvalue weighted by Gasteiger charge is 2.17. The number of carbonyl (C=O) groups excluding carboxylic acids is 1. The van der Waals surface area contributed by atoms with Gasteiger partial charge in [-0.25, -0.2) is 0 Å². The van der Waals surface area contributed by atoms with Gasteiger partial charge in [0.2, 0.25) is 0 Å². The second-order valence-corrected chi connectivity index (χ2v) is 7.45. The van der Waals surface area contributed by atoms with Gasteiger partial charge in [-0.2, -0.15) is 5.26 Å². The Hall–Kier alpha value is -3.23. The first-order chi connectivity index (χ1) is 14.1. The SMILES string of the molecule is N#Cc1cc(NC(=O)c2ccc(-c3ccc(Cl)cc3)o2)ccc1N1CCCCC1. The fourth-order valence-electron chi connectivity index (χ4n) is 3.54. The number of nitrogens with zero attached hydrogens (tertiary/aromatic N) is 2. The van der Waals surface area contributed by atoms with Crippen LogP contribution in [-0.4, -0.2) is 19.0 Å². The summed E-state index contributed by atoms with van der Waals surface area (Å²) in [5, 5.41) is 13.0. The van der Waals surface area contributed by atoms with Crippen molar-refractivity contribution in [1.29, 1.82) is 5.26 Å². The standard InChI is InChI=1S/C23H20ClN3O2/c24-18-6-4-16(5-7-18)21-10-11-22(29-21)23(28)26-19-8-9-20(17(14-19)15-25)27-12-2-1-3-13-27/h4-11,14H,1-3,12-13H2,(H,26,28). The van der Waals surface area contributed by atoms with Crippen molar-refractivity contribution < 1.29 is 9.21 Å². The van der Waals surface area contributed by atoms with E-state index in [0.29, 0.717) is 22.0 Å². The predicted molar refractivity (Wildman–Crippen MR) is 114 cm³/mol. The Morgan fingerprint density at radius 2 is 1.79 bits per heavy atom. The molecule has 3 aromatic rings. The number of benzene rings is 2. The summed E-state index contributed by atoms with van der Waals surface area (Å²) >= 11 is 5.91. The van der Waals surface area contributed by atoms with Crippen molar-refractivity contribution in [2.75, 3.05) is 23.3 Å². The van der Waals surface area contributed by atoms with Crippen LogP contribution in [0.5, 0.6) is 0 Å². The van der Waals surface area contributed by atoms with E-state index >= 15 is 0 Å². The summed E-state index contributed by atoms with van der Waals surface area (Å²) in [6.45, 7) is 1.92. The van der Waals surface area contributed by atoms with Crippen LogP contribution in [0.15, 0.2) is 59.0 Å². The molecule has 0 aliphatic carbocycles. The maximum absolute atomic E-state index is 12.6. The van der Waals surface area contributed by atoms with Gasteiger partial charge in [-0.15, -0.1) is 0 Å². The smallest absolute Gasteiger partial charge is 0.291 e. The molecular weight excluding hydrogens is 386 g/mol. The van der Waals surface area contributed by atoms with Crippen molar-refractivity contribution in [2.45, 2.75) is 19.3 Å². The van der Waals surface area contributed by atoms with Crippen LogP contribution in [0.2, 0.25) is 5.02 Å². The van der Waals surface area contributed by atoms with Crippen LogP contribution < -0.4 is 10.2 Å². The van der Waals surface area contributed by atoms with Crippen molar-refractivity contribution >= 4 is 28.9 Å². The minimum atomic E-state index is -0.361. The molecule has 29 heavy (non-hydrogen) atoms. The van der Waals surface area contributed by atoms with Crippen molar-refractivity contribution in [3.63, 3.8) is 0 Å². The molecule has 4 rings (SSSR count). The van der Waals surface area contributed by atoms with E-state index in [1.54, 1.807) is 30.3 Å². The molecule has 146 valence electrons. The minimum Gasteiger partial charge on any atom is -0.451 e. The Labute approximate surface area is 174 Å². The molecule has 2 heterocycles. The quantitative estimate of drug-likeness (QED) is 0.603. The van der Waals surface area contributed by atoms with E-state index < -0.39 is 0 Å². The van der Waals surface area contributed by atoms with E-state index in [-0.39, 0.29) is 11.7 Å². The normalized spacial score (nSPS) is 13.7. The fourth-order valence-corrected chi connectivity index (χ4v) is 3.66. The Balaban J connectivity index is 1.50. The maximum Gasteiger partial charge on any atom is 0.291 e. The van der Waals surface area contributed by atoms with Gasteiger partial charge < -0.3 is 14.6 Å². The van der Waals surface area contributed by atoms with Crippen LogP contribution >= 0.6 is 11.6 Å². The highest BCUT2D eigenvalue weighted by molar-refractivity contribution is 6.30. The molecule has 1 aliphatic rings. The Bertz CT molecular complexity index is 1060. The van der Waals surface area contributed by atoms with Gasteiger partial charge in [0.1, 0.15) is 11.8 Å². The van der Waals surface area contributed by atoms with Gasteiger partial charge in [-0.05, 0) is 73.9 Å². The van der Waals surface area contributed by atoms with E-state index in [2.05, 4.69) is 16.3 Å². The molecule has 0 atom stereocenters. The molecule has 5 nitrogen and oxygen atoms in total. The predicted octanol–water partition coefficient (Wildman–Crippen LogP) is 5.71. The third kappa shape index (κ3) is 4.28. The Kier molecular flexibility index (Phi) is 5.55. The average molecular weight is 406 g/mol. The summed E-state index contributed by atoms with van der Waals surface area (Å²) in [7, 11) is 0. The number of furan rings is 1. The summed E-state index contributed by atoms with van der Waals surface area (Å²) in [6.07, 6.45) is 3.50. The van der Waals surface area contributed by atoms with Crippen LogP contribution in [0.1, 0.15) is 35.4 Å². The largest absolute Gasteiger partial charge is 0.451 e. The molecule has 1 fully saturated rings. The van der Waals surface area contributed by atoms with Gasteiger partial charge in [-0.3, -0.25) is 4.79 Å². The lowest BCUT2D eigenvalue weighted by molar-refractivity contribution is 0.0997. The van der Waals surface area contributed by atoms with Crippen LogP contribution in [0, 0.1) is 11.3 Å². The average Bonchev–Trinajstić information content (AvgIpc) is 3.25. The van der Waals surface area contributed by atoms with Crippen molar-refractivity contribution in [2.24, 2.45) is 0 Å². The number of anilines is 2. The zero-order valence-electron chi connectivity index (χ0n) is 15.8. The van der Waals surface area contributed by atoms with Gasteiger partial charge in [0, 0.05) is 29.4 Å². The number of carbonyl (C=O) groups is 1. The third-order valence-corrected chi connectivity index (χ3v) is 5.28. The first-order valence-electron chi connectivity index (χ1n) is 9.60. The zero-order valence-corrected chi connectivity index (χ0v) is 16.6. The highest BCUT2D eigenvalue weighted by atomic mass is 35.5. The number of piperidine rings is 1. The van der Waals surface area contributed by atoms with E-state index in [1.165, 1.54) is 6.42 Å².